The molecular formula is C16H13N3O3. The molecule has 0 aliphatic heterocycles. The summed E-state index contributed by atoms with van der Waals surface area (Å²) in [5.41, 5.74) is 2.73. The highest BCUT2D eigenvalue weighted by Gasteiger charge is 2.13. The summed E-state index contributed by atoms with van der Waals surface area (Å²) in [7, 11) is 0. The molecule has 3 rings (SSSR count). The maximum atomic E-state index is 11.8. The first-order valence-electron chi connectivity index (χ1n) is 6.80. The van der Waals surface area contributed by atoms with Crippen LogP contribution in [0.2, 0.25) is 0 Å². The molecule has 2 N–H and O–H groups in total. The summed E-state index contributed by atoms with van der Waals surface area (Å²) < 4.78 is 0. The maximum absolute atomic E-state index is 11.8. The van der Waals surface area contributed by atoms with Crippen molar-refractivity contribution in [3.63, 3.8) is 0 Å². The van der Waals surface area contributed by atoms with Gasteiger partial charge in [-0.3, -0.25) is 4.79 Å². The molecule has 0 saturated heterocycles. The van der Waals surface area contributed by atoms with E-state index in [4.69, 9.17) is 5.11 Å². The van der Waals surface area contributed by atoms with Crippen molar-refractivity contribution in [1.82, 2.24) is 15.0 Å². The lowest BCUT2D eigenvalue weighted by atomic mass is 10.1. The molecule has 0 fully saturated rings. The number of fused-ring (bicyclic) bond motifs is 1. The fraction of sp³-hybridized carbons (Fsp3) is 0.125. The van der Waals surface area contributed by atoms with E-state index in [9.17, 15) is 9.59 Å². The second-order valence-electron chi connectivity index (χ2n) is 4.83. The third-order valence-electron chi connectivity index (χ3n) is 3.45. The van der Waals surface area contributed by atoms with E-state index in [0.717, 1.165) is 10.9 Å². The Bertz CT molecular complexity index is 866. The smallest absolute Gasteiger partial charge is 0.335 e. The Kier molecular flexibility index (Phi) is 3.42. The van der Waals surface area contributed by atoms with Crippen LogP contribution >= 0.6 is 0 Å². The number of benzene rings is 1. The van der Waals surface area contributed by atoms with Gasteiger partial charge < -0.3 is 10.1 Å². The van der Waals surface area contributed by atoms with Gasteiger partial charge in [-0.1, -0.05) is 19.1 Å². The highest BCUT2D eigenvalue weighted by Crippen LogP contribution is 2.26. The van der Waals surface area contributed by atoms with Crippen molar-refractivity contribution in [1.29, 1.82) is 0 Å². The number of carboxylic acid groups (broad SMARTS) is 1. The first-order chi connectivity index (χ1) is 10.6. The second kappa shape index (κ2) is 5.40. The molecule has 110 valence electrons. The largest absolute Gasteiger partial charge is 0.478 e. The zero-order valence-corrected chi connectivity index (χ0v) is 11.8. The number of nitrogens with one attached hydrogen (secondary N) is 1. The molecule has 22 heavy (non-hydrogen) atoms. The topological polar surface area (TPSA) is 95.9 Å². The summed E-state index contributed by atoms with van der Waals surface area (Å²) in [5, 5.41) is 9.68. The SMILES string of the molecule is CCC(=O)c1cc2c(-c3ccc(C(=O)O)cc3)ncnc2[nH]1. The number of hydrogen-bond donors (Lipinski definition) is 2. The van der Waals surface area contributed by atoms with Crippen molar-refractivity contribution in [2.24, 2.45) is 0 Å². The van der Waals surface area contributed by atoms with Crippen molar-refractivity contribution in [2.45, 2.75) is 13.3 Å². The van der Waals surface area contributed by atoms with Crippen LogP contribution < -0.4 is 0 Å². The van der Waals surface area contributed by atoms with Crippen molar-refractivity contribution in [3.8, 4) is 11.3 Å². The van der Waals surface area contributed by atoms with Crippen molar-refractivity contribution < 1.29 is 14.7 Å². The van der Waals surface area contributed by atoms with Crippen LogP contribution in [0.15, 0.2) is 36.7 Å². The number of rotatable bonds is 4. The van der Waals surface area contributed by atoms with Crippen LogP contribution in [0, 0.1) is 0 Å². The summed E-state index contributed by atoms with van der Waals surface area (Å²) in [4.78, 5) is 34.1. The Morgan fingerprint density at radius 1 is 1.18 bits per heavy atom. The molecule has 0 unspecified atom stereocenters. The number of aromatic carboxylic acids is 1. The van der Waals surface area contributed by atoms with Crippen LogP contribution in [0.3, 0.4) is 0 Å². The minimum atomic E-state index is -0.975. The van der Waals surface area contributed by atoms with E-state index in [1.165, 1.54) is 18.5 Å². The fourth-order valence-electron chi connectivity index (χ4n) is 2.28. The van der Waals surface area contributed by atoms with Crippen LogP contribution in [0.1, 0.15) is 34.2 Å². The first-order valence-corrected chi connectivity index (χ1v) is 6.80. The maximum Gasteiger partial charge on any atom is 0.335 e. The average molecular weight is 295 g/mol. The molecule has 3 aromatic rings. The van der Waals surface area contributed by atoms with Gasteiger partial charge in [0.2, 0.25) is 0 Å². The highest BCUT2D eigenvalue weighted by molar-refractivity contribution is 6.01. The van der Waals surface area contributed by atoms with E-state index in [-0.39, 0.29) is 11.3 Å². The van der Waals surface area contributed by atoms with Gasteiger partial charge in [0.1, 0.15) is 12.0 Å². The predicted octanol–water partition coefficient (Wildman–Crippen LogP) is 2.92. The first kappa shape index (κ1) is 13.9. The molecule has 0 radical (unpaired) electrons. The van der Waals surface area contributed by atoms with E-state index < -0.39 is 5.97 Å². The summed E-state index contributed by atoms with van der Waals surface area (Å²) in [5.74, 6) is -0.970. The molecule has 0 aliphatic carbocycles. The van der Waals surface area contributed by atoms with Crippen LogP contribution in [0.5, 0.6) is 0 Å². The lowest BCUT2D eigenvalue weighted by Crippen LogP contribution is -1.95. The average Bonchev–Trinajstić information content (AvgIpc) is 2.98. The number of nitrogens with zero attached hydrogens (tertiary/aromatic N) is 2. The number of Topliss-reactive ketones (excluding diaryl/α,β-unsaturated/α-hetero) is 1. The number of ketones is 1. The third-order valence-corrected chi connectivity index (χ3v) is 3.45. The second-order valence-corrected chi connectivity index (χ2v) is 4.83. The monoisotopic (exact) mass is 295 g/mol. The number of carboxylic acids is 1. The van der Waals surface area contributed by atoms with Gasteiger partial charge in [0.15, 0.2) is 5.78 Å². The van der Waals surface area contributed by atoms with E-state index in [0.29, 0.717) is 23.5 Å². The molecule has 0 saturated carbocycles. The molecule has 6 nitrogen and oxygen atoms in total. The van der Waals surface area contributed by atoms with Gasteiger partial charge in [0.05, 0.1) is 17.0 Å². The molecule has 6 heteroatoms. The standard InChI is InChI=1S/C16H13N3O3/c1-2-13(20)12-7-11-14(17-8-18-15(11)19-12)9-3-5-10(6-4-9)16(21)22/h3-8H,2H2,1H3,(H,21,22)(H,17,18,19). The van der Waals surface area contributed by atoms with Crippen molar-refractivity contribution in [3.05, 3.63) is 47.9 Å². The van der Waals surface area contributed by atoms with Gasteiger partial charge in [0.25, 0.3) is 0 Å². The molecule has 0 spiro atoms. The fourth-order valence-corrected chi connectivity index (χ4v) is 2.28. The van der Waals surface area contributed by atoms with E-state index in [2.05, 4.69) is 15.0 Å². The summed E-state index contributed by atoms with van der Waals surface area (Å²) in [6.45, 7) is 1.80. The Hall–Kier alpha value is -3.02. The zero-order chi connectivity index (χ0) is 15.7. The van der Waals surface area contributed by atoms with Gasteiger partial charge in [-0.25, -0.2) is 14.8 Å². The Balaban J connectivity index is 2.12. The van der Waals surface area contributed by atoms with Gasteiger partial charge in [-0.15, -0.1) is 0 Å². The summed E-state index contributed by atoms with van der Waals surface area (Å²) in [6.07, 6.45) is 1.82. The molecule has 0 amide bonds. The van der Waals surface area contributed by atoms with Crippen molar-refractivity contribution >= 4 is 22.8 Å². The van der Waals surface area contributed by atoms with Crippen LogP contribution in [0.4, 0.5) is 0 Å². The van der Waals surface area contributed by atoms with Gasteiger partial charge in [-0.2, -0.15) is 0 Å². The lowest BCUT2D eigenvalue weighted by Gasteiger charge is -2.02. The Labute approximate surface area is 125 Å². The Morgan fingerprint density at radius 2 is 1.91 bits per heavy atom. The third kappa shape index (κ3) is 2.35. The van der Waals surface area contributed by atoms with E-state index in [1.54, 1.807) is 25.1 Å². The van der Waals surface area contributed by atoms with Crippen LogP contribution in [-0.4, -0.2) is 31.8 Å². The summed E-state index contributed by atoms with van der Waals surface area (Å²) in [6, 6.07) is 8.17. The molecule has 0 aliphatic rings. The normalized spacial score (nSPS) is 10.8. The number of carbonyl (C=O) groups excluding carboxylic acids is 1. The number of aromatic amines is 1. The number of H-pyrrole nitrogens is 1. The zero-order valence-electron chi connectivity index (χ0n) is 11.8. The van der Waals surface area contributed by atoms with Gasteiger partial charge in [0, 0.05) is 17.4 Å². The molecule has 2 aromatic heterocycles. The minimum absolute atomic E-state index is 0.00479. The molecule has 2 heterocycles. The van der Waals surface area contributed by atoms with Gasteiger partial charge in [-0.05, 0) is 18.2 Å². The molecule has 0 atom stereocenters. The quantitative estimate of drug-likeness (QED) is 0.721. The predicted molar refractivity (Wildman–Crippen MR) is 80.9 cm³/mol. The molecule has 1 aromatic carbocycles. The van der Waals surface area contributed by atoms with Crippen LogP contribution in [0.25, 0.3) is 22.3 Å². The number of carbonyl (C=O) groups is 2. The highest BCUT2D eigenvalue weighted by atomic mass is 16.4. The minimum Gasteiger partial charge on any atom is -0.478 e. The van der Waals surface area contributed by atoms with Crippen molar-refractivity contribution in [2.75, 3.05) is 0 Å². The van der Waals surface area contributed by atoms with E-state index >= 15 is 0 Å². The molecule has 0 bridgehead atoms. The summed E-state index contributed by atoms with van der Waals surface area (Å²) >= 11 is 0. The van der Waals surface area contributed by atoms with Crippen LogP contribution in [-0.2, 0) is 0 Å². The number of aromatic nitrogens is 3. The molecular weight excluding hydrogens is 282 g/mol. The Morgan fingerprint density at radius 3 is 2.55 bits per heavy atom. The lowest BCUT2D eigenvalue weighted by molar-refractivity contribution is 0.0696. The van der Waals surface area contributed by atoms with E-state index in [1.807, 2.05) is 0 Å². The van der Waals surface area contributed by atoms with Gasteiger partial charge >= 0.3 is 5.97 Å². The number of hydrogen-bond acceptors (Lipinski definition) is 4.